The van der Waals surface area contributed by atoms with Crippen molar-refractivity contribution >= 4 is 44.8 Å². The molecule has 4 aromatic rings. The number of rotatable bonds is 6. The second-order valence-corrected chi connectivity index (χ2v) is 9.71. The first kappa shape index (κ1) is 24.7. The molecule has 0 amide bonds. The maximum absolute atomic E-state index is 13.3. The van der Waals surface area contributed by atoms with Crippen LogP contribution in [0.3, 0.4) is 0 Å². The minimum atomic E-state index is -0.298. The van der Waals surface area contributed by atoms with Crippen molar-refractivity contribution in [2.24, 2.45) is 0 Å². The summed E-state index contributed by atoms with van der Waals surface area (Å²) >= 11 is 3.48. The lowest BCUT2D eigenvalue weighted by Gasteiger charge is -2.35. The highest BCUT2D eigenvalue weighted by atomic mass is 79.9. The number of hydrogen-bond donors (Lipinski definition) is 2. The third-order valence-corrected chi connectivity index (χ3v) is 6.85. The topological polar surface area (TPSA) is 80.1 Å². The van der Waals surface area contributed by atoms with Gasteiger partial charge in [-0.1, -0.05) is 12.1 Å². The Morgan fingerprint density at radius 3 is 2.32 bits per heavy atom. The van der Waals surface area contributed by atoms with E-state index in [0.717, 1.165) is 48.7 Å². The van der Waals surface area contributed by atoms with Gasteiger partial charge in [-0.15, -0.1) is 0 Å². The van der Waals surface area contributed by atoms with E-state index in [1.165, 1.54) is 12.1 Å². The summed E-state index contributed by atoms with van der Waals surface area (Å²) in [6.07, 6.45) is 1.67. The zero-order valence-corrected chi connectivity index (χ0v) is 21.8. The molecule has 0 saturated carbocycles. The fourth-order valence-electron chi connectivity index (χ4n) is 4.21. The Kier molecular flexibility index (Phi) is 7.30. The Bertz CT molecular complexity index is 1430. The van der Waals surface area contributed by atoms with E-state index in [0.29, 0.717) is 27.5 Å². The highest BCUT2D eigenvalue weighted by Crippen LogP contribution is 2.35. The number of nitrogens with one attached hydrogen (secondary N) is 2. The summed E-state index contributed by atoms with van der Waals surface area (Å²) in [6, 6.07) is 22.2. The van der Waals surface area contributed by atoms with Gasteiger partial charge in [0.2, 0.25) is 5.95 Å². The van der Waals surface area contributed by atoms with Crippen molar-refractivity contribution in [1.82, 2.24) is 14.9 Å². The number of piperazine rings is 1. The quantitative estimate of drug-likeness (QED) is 0.294. The summed E-state index contributed by atoms with van der Waals surface area (Å²) in [4.78, 5) is 13.8. The van der Waals surface area contributed by atoms with Crippen LogP contribution in [-0.4, -0.2) is 48.1 Å². The van der Waals surface area contributed by atoms with Crippen LogP contribution >= 0.6 is 15.9 Å². The number of nitrogens with zero attached hydrogens (tertiary/aromatic N) is 5. The number of nitriles is 1. The number of anilines is 5. The Morgan fingerprint density at radius 1 is 0.919 bits per heavy atom. The second-order valence-electron chi connectivity index (χ2n) is 8.86. The number of aromatic nitrogens is 2. The zero-order valence-electron chi connectivity index (χ0n) is 20.2. The summed E-state index contributed by atoms with van der Waals surface area (Å²) < 4.78 is 14.0. The maximum atomic E-state index is 13.3. The predicted molar refractivity (Wildman–Crippen MR) is 149 cm³/mol. The van der Waals surface area contributed by atoms with Gasteiger partial charge in [0.15, 0.2) is 0 Å². The molecule has 7 nitrogen and oxygen atoms in total. The van der Waals surface area contributed by atoms with Crippen LogP contribution in [0.5, 0.6) is 0 Å². The summed E-state index contributed by atoms with van der Waals surface area (Å²) in [7, 11) is 2.14. The third-order valence-electron chi connectivity index (χ3n) is 6.27. The molecule has 186 valence electrons. The molecule has 0 unspecified atom stereocenters. The van der Waals surface area contributed by atoms with Gasteiger partial charge in [0.05, 0.1) is 16.1 Å². The van der Waals surface area contributed by atoms with Crippen molar-refractivity contribution in [3.63, 3.8) is 0 Å². The van der Waals surface area contributed by atoms with E-state index in [1.807, 2.05) is 30.3 Å². The lowest BCUT2D eigenvalue weighted by Crippen LogP contribution is -2.44. The normalized spacial score (nSPS) is 13.7. The van der Waals surface area contributed by atoms with Gasteiger partial charge in [-0.2, -0.15) is 10.2 Å². The molecule has 1 saturated heterocycles. The van der Waals surface area contributed by atoms with Gasteiger partial charge in [-0.3, -0.25) is 0 Å². The Morgan fingerprint density at radius 2 is 1.62 bits per heavy atom. The number of halogens is 2. The fraction of sp³-hybridized carbons (Fsp3) is 0.179. The molecular weight excluding hydrogens is 533 g/mol. The zero-order chi connectivity index (χ0) is 25.8. The SMILES string of the molecule is CN1CCN(c2ccc(Nc3ncc(Br)c(Nc4ccc(F)cc4)n3)cc2-c2ccc(C#N)cc2)CC1. The first-order valence-electron chi connectivity index (χ1n) is 11.9. The van der Waals surface area contributed by atoms with Crippen molar-refractivity contribution < 1.29 is 4.39 Å². The Labute approximate surface area is 223 Å². The van der Waals surface area contributed by atoms with E-state index in [-0.39, 0.29) is 5.82 Å². The van der Waals surface area contributed by atoms with Crippen LogP contribution in [-0.2, 0) is 0 Å². The van der Waals surface area contributed by atoms with E-state index in [2.05, 4.69) is 71.6 Å². The molecule has 0 spiro atoms. The smallest absolute Gasteiger partial charge is 0.229 e. The first-order valence-corrected chi connectivity index (χ1v) is 12.7. The molecule has 0 atom stereocenters. The third kappa shape index (κ3) is 5.88. The van der Waals surface area contributed by atoms with Crippen molar-refractivity contribution in [3.05, 3.63) is 88.8 Å². The van der Waals surface area contributed by atoms with Gasteiger partial charge < -0.3 is 20.4 Å². The van der Waals surface area contributed by atoms with Crippen LogP contribution in [0, 0.1) is 17.1 Å². The van der Waals surface area contributed by atoms with Crippen LogP contribution in [0.2, 0.25) is 0 Å². The minimum absolute atomic E-state index is 0.298. The van der Waals surface area contributed by atoms with Gasteiger partial charge in [-0.25, -0.2) is 9.37 Å². The molecule has 0 radical (unpaired) electrons. The van der Waals surface area contributed by atoms with Crippen molar-refractivity contribution in [3.8, 4) is 17.2 Å². The van der Waals surface area contributed by atoms with E-state index in [4.69, 9.17) is 0 Å². The molecule has 2 heterocycles. The van der Waals surface area contributed by atoms with Gasteiger partial charge in [-0.05, 0) is 83.1 Å². The predicted octanol–water partition coefficient (Wildman–Crippen LogP) is 6.16. The molecule has 0 aliphatic carbocycles. The lowest BCUT2D eigenvalue weighted by molar-refractivity contribution is 0.313. The largest absolute Gasteiger partial charge is 0.368 e. The van der Waals surface area contributed by atoms with Crippen molar-refractivity contribution in [2.75, 3.05) is 48.8 Å². The highest BCUT2D eigenvalue weighted by molar-refractivity contribution is 9.10. The van der Waals surface area contributed by atoms with Crippen LogP contribution in [0.1, 0.15) is 5.56 Å². The van der Waals surface area contributed by atoms with Crippen LogP contribution in [0.25, 0.3) is 11.1 Å². The summed E-state index contributed by atoms with van der Waals surface area (Å²) in [5.41, 5.74) is 5.44. The molecule has 1 aromatic heterocycles. The van der Waals surface area contributed by atoms with E-state index in [9.17, 15) is 9.65 Å². The monoisotopic (exact) mass is 557 g/mol. The Balaban J connectivity index is 1.45. The van der Waals surface area contributed by atoms with Gasteiger partial charge >= 0.3 is 0 Å². The van der Waals surface area contributed by atoms with Gasteiger partial charge in [0, 0.05) is 55.0 Å². The molecule has 1 aliphatic rings. The Hall–Kier alpha value is -4.00. The molecule has 5 rings (SSSR count). The highest BCUT2D eigenvalue weighted by Gasteiger charge is 2.19. The maximum Gasteiger partial charge on any atom is 0.229 e. The van der Waals surface area contributed by atoms with E-state index in [1.54, 1.807) is 18.3 Å². The average Bonchev–Trinajstić information content (AvgIpc) is 2.92. The van der Waals surface area contributed by atoms with Crippen LogP contribution < -0.4 is 15.5 Å². The molecular formula is C28H25BrFN7. The minimum Gasteiger partial charge on any atom is -0.368 e. The van der Waals surface area contributed by atoms with Crippen molar-refractivity contribution in [1.29, 1.82) is 5.26 Å². The lowest BCUT2D eigenvalue weighted by atomic mass is 10.00. The molecule has 9 heteroatoms. The fourth-order valence-corrected chi connectivity index (χ4v) is 4.50. The van der Waals surface area contributed by atoms with E-state index < -0.39 is 0 Å². The summed E-state index contributed by atoms with van der Waals surface area (Å²) in [5, 5.41) is 15.7. The second kappa shape index (κ2) is 10.9. The number of hydrogen-bond acceptors (Lipinski definition) is 7. The van der Waals surface area contributed by atoms with Crippen molar-refractivity contribution in [2.45, 2.75) is 0 Å². The van der Waals surface area contributed by atoms with E-state index >= 15 is 0 Å². The van der Waals surface area contributed by atoms with Crippen LogP contribution in [0.4, 0.5) is 33.2 Å². The average molecular weight is 558 g/mol. The number of benzene rings is 3. The standard InChI is InChI=1S/C28H25BrFN7/c1-36-12-14-37(15-13-36)26-11-10-23(16-24(26)20-4-2-19(17-31)3-5-20)34-28-32-18-25(29)27(35-28)33-22-8-6-21(30)7-9-22/h2-11,16,18H,12-15H2,1H3,(H2,32,33,34,35). The summed E-state index contributed by atoms with van der Waals surface area (Å²) in [5.74, 6) is 0.684. The molecule has 2 N–H and O–H groups in total. The van der Waals surface area contributed by atoms with Crippen LogP contribution in [0.15, 0.2) is 77.4 Å². The first-order chi connectivity index (χ1) is 18.0. The molecule has 1 fully saturated rings. The molecule has 1 aliphatic heterocycles. The molecule has 37 heavy (non-hydrogen) atoms. The number of likely N-dealkylation sites (N-methyl/N-ethyl adjacent to an activating group) is 1. The summed E-state index contributed by atoms with van der Waals surface area (Å²) in [6.45, 7) is 3.90. The van der Waals surface area contributed by atoms with Gasteiger partial charge in [0.25, 0.3) is 0 Å². The molecule has 3 aromatic carbocycles. The van der Waals surface area contributed by atoms with Gasteiger partial charge in [0.1, 0.15) is 11.6 Å². The molecule has 0 bridgehead atoms.